The van der Waals surface area contributed by atoms with Gasteiger partial charge in [0.2, 0.25) is 0 Å². The first-order chi connectivity index (χ1) is 36.4. The first-order valence-electron chi connectivity index (χ1n) is 25.9. The lowest BCUT2D eigenvalue weighted by Crippen LogP contribution is -2.26. The molecule has 0 N–H and O–H groups in total. The predicted molar refractivity (Wildman–Crippen MR) is 308 cm³/mol. The van der Waals surface area contributed by atoms with Crippen LogP contribution in [0.1, 0.15) is 47.2 Å². The van der Waals surface area contributed by atoms with Crippen molar-refractivity contribution in [2.75, 3.05) is 4.90 Å². The third-order valence-corrected chi connectivity index (χ3v) is 17.1. The molecule has 74 heavy (non-hydrogen) atoms. The van der Waals surface area contributed by atoms with E-state index in [0.29, 0.717) is 0 Å². The molecule has 3 aliphatic rings. The zero-order valence-electron chi connectivity index (χ0n) is 41.0. The molecule has 13 aromatic rings. The summed E-state index contributed by atoms with van der Waals surface area (Å²) in [6, 6.07) is 93.0. The van der Waals surface area contributed by atoms with Crippen LogP contribution in [0.2, 0.25) is 0 Å². The van der Waals surface area contributed by atoms with Gasteiger partial charge in [-0.1, -0.05) is 220 Å². The molecule has 1 heterocycles. The first-order valence-corrected chi connectivity index (χ1v) is 25.9. The predicted octanol–water partition coefficient (Wildman–Crippen LogP) is 19.3. The van der Waals surface area contributed by atoms with Crippen LogP contribution in [0.4, 0.5) is 17.1 Å². The molecule has 0 saturated carbocycles. The second-order valence-electron chi connectivity index (χ2n) is 21.1. The second-order valence-corrected chi connectivity index (χ2v) is 21.1. The molecule has 3 aliphatic carbocycles. The van der Waals surface area contributed by atoms with Crippen LogP contribution in [-0.4, -0.2) is 0 Å². The number of anilines is 3. The number of rotatable bonds is 5. The molecule has 0 bridgehead atoms. The number of hydrogen-bond donors (Lipinski definition) is 0. The highest BCUT2D eigenvalue weighted by atomic mass is 16.3. The van der Waals surface area contributed by atoms with Gasteiger partial charge in [0.1, 0.15) is 11.2 Å². The van der Waals surface area contributed by atoms with E-state index >= 15 is 0 Å². The summed E-state index contributed by atoms with van der Waals surface area (Å²) in [5.74, 6) is 0. The van der Waals surface area contributed by atoms with Gasteiger partial charge in [0.15, 0.2) is 0 Å². The Morgan fingerprint density at radius 1 is 0.311 bits per heavy atom. The lowest BCUT2D eigenvalue weighted by molar-refractivity contribution is 0.660. The van der Waals surface area contributed by atoms with Gasteiger partial charge in [-0.25, -0.2) is 0 Å². The Hall–Kier alpha value is -9.24. The van der Waals surface area contributed by atoms with E-state index < -0.39 is 5.41 Å². The van der Waals surface area contributed by atoms with Crippen LogP contribution in [0.25, 0.3) is 99.1 Å². The van der Waals surface area contributed by atoms with Crippen molar-refractivity contribution in [1.82, 2.24) is 0 Å². The Morgan fingerprint density at radius 3 is 1.43 bits per heavy atom. The minimum absolute atomic E-state index is 0.210. The zero-order valence-corrected chi connectivity index (χ0v) is 41.0. The summed E-state index contributed by atoms with van der Waals surface area (Å²) >= 11 is 0. The third-order valence-electron chi connectivity index (χ3n) is 17.1. The van der Waals surface area contributed by atoms with E-state index in [4.69, 9.17) is 4.42 Å². The summed E-state index contributed by atoms with van der Waals surface area (Å²) in [5.41, 5.74) is 24.6. The molecule has 0 fully saturated rings. The molecule has 2 nitrogen and oxygen atoms in total. The monoisotopic (exact) mass is 941 g/mol. The molecule has 16 rings (SSSR count). The fourth-order valence-corrected chi connectivity index (χ4v) is 13.7. The normalized spacial score (nSPS) is 14.0. The maximum absolute atomic E-state index is 7.13. The molecule has 1 aromatic heterocycles. The lowest BCUT2D eigenvalue weighted by Gasteiger charge is -2.33. The average molecular weight is 942 g/mol. The summed E-state index contributed by atoms with van der Waals surface area (Å²) in [6.45, 7) is 4.76. The topological polar surface area (TPSA) is 16.4 Å². The van der Waals surface area contributed by atoms with Crippen LogP contribution in [0.3, 0.4) is 0 Å². The van der Waals surface area contributed by atoms with E-state index in [1.54, 1.807) is 0 Å². The fourth-order valence-electron chi connectivity index (χ4n) is 13.7. The van der Waals surface area contributed by atoms with Crippen LogP contribution in [0.15, 0.2) is 253 Å². The fraction of sp³-hybridized carbons (Fsp3) is 0.0556. The molecule has 1 spiro atoms. The Morgan fingerprint density at radius 2 is 0.784 bits per heavy atom. The molecule has 0 saturated heterocycles. The number of hydrogen-bond acceptors (Lipinski definition) is 2. The molecule has 0 aliphatic heterocycles. The maximum Gasteiger partial charge on any atom is 0.143 e. The van der Waals surface area contributed by atoms with Crippen LogP contribution in [0.5, 0.6) is 0 Å². The Bertz CT molecular complexity index is 4460. The van der Waals surface area contributed by atoms with Crippen LogP contribution < -0.4 is 4.90 Å². The van der Waals surface area contributed by atoms with Gasteiger partial charge in [0.25, 0.3) is 0 Å². The molecule has 0 atom stereocenters. The molecule has 2 heteroatoms. The highest BCUT2D eigenvalue weighted by Gasteiger charge is 2.51. The summed E-state index contributed by atoms with van der Waals surface area (Å²) in [4.78, 5) is 2.53. The van der Waals surface area contributed by atoms with Crippen molar-refractivity contribution in [2.45, 2.75) is 24.7 Å². The van der Waals surface area contributed by atoms with Gasteiger partial charge in [-0.3, -0.25) is 0 Å². The third kappa shape index (κ3) is 5.55. The number of furan rings is 1. The summed E-state index contributed by atoms with van der Waals surface area (Å²) in [7, 11) is 0. The van der Waals surface area contributed by atoms with Crippen molar-refractivity contribution < 1.29 is 4.42 Å². The van der Waals surface area contributed by atoms with E-state index in [0.717, 1.165) is 60.9 Å². The summed E-state index contributed by atoms with van der Waals surface area (Å²) < 4.78 is 7.13. The van der Waals surface area contributed by atoms with Crippen molar-refractivity contribution in [2.24, 2.45) is 0 Å². The number of fused-ring (bicyclic) bond motifs is 19. The SMILES string of the molecule is CC1(C)c2ccccc2-c2ccc(N(c3ccc4c(c3)C3(c5ccccc5-c5ccccc53)c3ccccc3-4)c3cc4oc5c6ccccc6ccc5c4cc3-c3ccc(-c4cccc5ccccc45)cc3)cc21. The van der Waals surface area contributed by atoms with Gasteiger partial charge in [-0.05, 0) is 136 Å². The quantitative estimate of drug-likeness (QED) is 0.171. The van der Waals surface area contributed by atoms with Gasteiger partial charge in [-0.2, -0.15) is 0 Å². The van der Waals surface area contributed by atoms with E-state index in [9.17, 15) is 0 Å². The van der Waals surface area contributed by atoms with E-state index in [1.807, 2.05) is 0 Å². The molecular weight excluding hydrogens is 895 g/mol. The summed E-state index contributed by atoms with van der Waals surface area (Å²) in [6.07, 6.45) is 0. The van der Waals surface area contributed by atoms with Crippen LogP contribution >= 0.6 is 0 Å². The van der Waals surface area contributed by atoms with Crippen molar-refractivity contribution in [3.05, 3.63) is 282 Å². The minimum atomic E-state index is -0.508. The molecule has 346 valence electrons. The van der Waals surface area contributed by atoms with Crippen molar-refractivity contribution >= 4 is 60.5 Å². The number of benzene rings is 12. The van der Waals surface area contributed by atoms with Gasteiger partial charge in [-0.15, -0.1) is 0 Å². The first kappa shape index (κ1) is 41.4. The van der Waals surface area contributed by atoms with Gasteiger partial charge in [0, 0.05) is 44.6 Å². The van der Waals surface area contributed by atoms with Crippen molar-refractivity contribution in [1.29, 1.82) is 0 Å². The maximum atomic E-state index is 7.13. The van der Waals surface area contributed by atoms with Gasteiger partial charge >= 0.3 is 0 Å². The molecule has 0 radical (unpaired) electrons. The molecule has 12 aromatic carbocycles. The van der Waals surface area contributed by atoms with Crippen LogP contribution in [-0.2, 0) is 10.8 Å². The highest BCUT2D eigenvalue weighted by molar-refractivity contribution is 6.17. The molecular formula is C72H47NO. The average Bonchev–Trinajstić information content (AvgIpc) is 4.15. The smallest absolute Gasteiger partial charge is 0.143 e. The molecule has 0 unspecified atom stereocenters. The number of nitrogens with zero attached hydrogens (tertiary/aromatic N) is 1. The lowest BCUT2D eigenvalue weighted by atomic mass is 9.70. The zero-order chi connectivity index (χ0) is 48.9. The van der Waals surface area contributed by atoms with E-state index in [-0.39, 0.29) is 5.41 Å². The van der Waals surface area contributed by atoms with E-state index in [2.05, 4.69) is 267 Å². The Kier molecular flexibility index (Phi) is 8.47. The highest BCUT2D eigenvalue weighted by Crippen LogP contribution is 2.64. The van der Waals surface area contributed by atoms with E-state index in [1.165, 1.54) is 88.7 Å². The largest absolute Gasteiger partial charge is 0.455 e. The standard InChI is InChI=1S/C72H47NO/c1-71(2)62-26-11-7-21-53(62)57-38-35-48(40-66(57)71)73(49-36-39-58-56-24-10-14-29-65(56)72(67(58)41-49)63-27-12-8-22-54(63)55-23-9-13-28-64(55)72)68-43-69-61(59-37-34-45-17-4-6-20-52(45)70(59)74-69)42-60(68)47-32-30-46(31-33-47)51-25-15-18-44-16-3-5-19-50(44)51/h3-43H,1-2H3. The Balaban J connectivity index is 0.987. The van der Waals surface area contributed by atoms with Crippen molar-refractivity contribution in [3.63, 3.8) is 0 Å². The van der Waals surface area contributed by atoms with Crippen LogP contribution in [0, 0.1) is 0 Å². The van der Waals surface area contributed by atoms with Crippen molar-refractivity contribution in [3.8, 4) is 55.6 Å². The second kappa shape index (κ2) is 15.1. The Labute approximate surface area is 430 Å². The summed E-state index contributed by atoms with van der Waals surface area (Å²) in [5, 5.41) is 6.96. The minimum Gasteiger partial charge on any atom is -0.455 e. The van der Waals surface area contributed by atoms with Gasteiger partial charge in [0.05, 0.1) is 11.1 Å². The molecule has 0 amide bonds. The van der Waals surface area contributed by atoms with Gasteiger partial charge < -0.3 is 9.32 Å².